The molecule has 5 nitrogen and oxygen atoms in total. The van der Waals surface area contributed by atoms with Gasteiger partial charge in [0.05, 0.1) is 5.02 Å². The van der Waals surface area contributed by atoms with Gasteiger partial charge in [-0.25, -0.2) is 15.8 Å². The van der Waals surface area contributed by atoms with Crippen molar-refractivity contribution in [2.75, 3.05) is 10.7 Å². The van der Waals surface area contributed by atoms with Crippen molar-refractivity contribution < 1.29 is 0 Å². The second-order valence-corrected chi connectivity index (χ2v) is 5.93. The molecule has 0 saturated heterocycles. The zero-order valence-corrected chi connectivity index (χ0v) is 12.9. The monoisotopic (exact) mass is 353 g/mol. The van der Waals surface area contributed by atoms with Crippen molar-refractivity contribution in [3.8, 4) is 0 Å². The van der Waals surface area contributed by atoms with E-state index >= 15 is 0 Å². The molecule has 0 bridgehead atoms. The molecule has 2 aromatic rings. The fourth-order valence-electron chi connectivity index (χ4n) is 1.85. The second-order valence-electron chi connectivity index (χ2n) is 4.67. The molecule has 1 aliphatic rings. The number of hydrogen-bond acceptors (Lipinski definition) is 5. The van der Waals surface area contributed by atoms with Crippen LogP contribution in [0, 0.1) is 0 Å². The topological polar surface area (TPSA) is 75.9 Å². The molecule has 7 heteroatoms. The molecule has 0 atom stereocenters. The number of nitrogen functional groups attached to an aromatic ring is 1. The Hall–Kier alpha value is -1.37. The Kier molecular flexibility index (Phi) is 3.78. The Morgan fingerprint density at radius 1 is 1.20 bits per heavy atom. The highest BCUT2D eigenvalue weighted by Crippen LogP contribution is 2.39. The van der Waals surface area contributed by atoms with E-state index in [9.17, 15) is 0 Å². The Morgan fingerprint density at radius 3 is 2.60 bits per heavy atom. The minimum Gasteiger partial charge on any atom is -0.340 e. The van der Waals surface area contributed by atoms with E-state index < -0.39 is 0 Å². The number of nitrogens with two attached hydrogens (primary N) is 1. The summed E-state index contributed by atoms with van der Waals surface area (Å²) >= 11 is 9.44. The molecule has 104 valence electrons. The third-order valence-corrected chi connectivity index (χ3v) is 4.26. The van der Waals surface area contributed by atoms with Crippen LogP contribution in [-0.2, 0) is 0 Å². The lowest BCUT2D eigenvalue weighted by molar-refractivity contribution is 0.929. The first-order chi connectivity index (χ1) is 9.65. The van der Waals surface area contributed by atoms with Gasteiger partial charge in [-0.2, -0.15) is 0 Å². The van der Waals surface area contributed by atoms with Crippen LogP contribution in [0.4, 0.5) is 17.3 Å². The first kappa shape index (κ1) is 13.6. The molecule has 0 unspecified atom stereocenters. The van der Waals surface area contributed by atoms with Crippen molar-refractivity contribution in [2.24, 2.45) is 5.84 Å². The summed E-state index contributed by atoms with van der Waals surface area (Å²) in [4.78, 5) is 8.88. The van der Waals surface area contributed by atoms with Crippen molar-refractivity contribution in [1.82, 2.24) is 9.97 Å². The standard InChI is InChI=1S/C13H13BrClN5/c14-9-4-3-8(5-10(9)15)17-11-6-12(20-16)19-13(18-11)7-1-2-7/h3-7H,1-2,16H2,(H2,17,18,19,20). The van der Waals surface area contributed by atoms with Gasteiger partial charge in [0.1, 0.15) is 17.5 Å². The zero-order chi connectivity index (χ0) is 14.1. The first-order valence-electron chi connectivity index (χ1n) is 6.23. The number of hydrogen-bond donors (Lipinski definition) is 3. The molecule has 0 spiro atoms. The normalized spacial score (nSPS) is 14.2. The summed E-state index contributed by atoms with van der Waals surface area (Å²) in [6.45, 7) is 0. The predicted octanol–water partition coefficient (Wildman–Crippen LogP) is 3.80. The molecule has 0 aliphatic heterocycles. The minimum absolute atomic E-state index is 0.456. The van der Waals surface area contributed by atoms with Crippen LogP contribution < -0.4 is 16.6 Å². The lowest BCUT2D eigenvalue weighted by Gasteiger charge is -2.10. The molecule has 1 fully saturated rings. The van der Waals surface area contributed by atoms with Gasteiger partial charge in [-0.15, -0.1) is 0 Å². The van der Waals surface area contributed by atoms with E-state index in [2.05, 4.69) is 36.6 Å². The molecule has 3 rings (SSSR count). The Labute approximate surface area is 130 Å². The SMILES string of the molecule is NNc1cc(Nc2ccc(Br)c(Cl)c2)nc(C2CC2)n1. The molecule has 0 amide bonds. The fraction of sp³-hybridized carbons (Fsp3) is 0.231. The maximum atomic E-state index is 6.08. The van der Waals surface area contributed by atoms with E-state index in [0.29, 0.717) is 22.6 Å². The summed E-state index contributed by atoms with van der Waals surface area (Å²) in [6, 6.07) is 7.40. The Morgan fingerprint density at radius 2 is 1.95 bits per heavy atom. The summed E-state index contributed by atoms with van der Waals surface area (Å²) in [5, 5.41) is 3.86. The Balaban J connectivity index is 1.88. The smallest absolute Gasteiger partial charge is 0.145 e. The van der Waals surface area contributed by atoms with Gasteiger partial charge in [0, 0.05) is 22.1 Å². The van der Waals surface area contributed by atoms with Gasteiger partial charge >= 0.3 is 0 Å². The van der Waals surface area contributed by atoms with Gasteiger partial charge in [0.25, 0.3) is 0 Å². The number of hydrazine groups is 1. The predicted molar refractivity (Wildman–Crippen MR) is 84.3 cm³/mol. The molecule has 4 N–H and O–H groups in total. The molecule has 1 saturated carbocycles. The van der Waals surface area contributed by atoms with E-state index in [0.717, 1.165) is 28.8 Å². The molecular weight excluding hydrogens is 342 g/mol. The number of aromatic nitrogens is 2. The van der Waals surface area contributed by atoms with Gasteiger partial charge in [0.2, 0.25) is 0 Å². The van der Waals surface area contributed by atoms with Crippen molar-refractivity contribution in [3.05, 3.63) is 39.6 Å². The third kappa shape index (κ3) is 3.03. The number of benzene rings is 1. The van der Waals surface area contributed by atoms with Gasteiger partial charge in [0.15, 0.2) is 0 Å². The summed E-state index contributed by atoms with van der Waals surface area (Å²) in [6.07, 6.45) is 2.27. The quantitative estimate of drug-likeness (QED) is 0.575. The largest absolute Gasteiger partial charge is 0.340 e. The highest BCUT2D eigenvalue weighted by Gasteiger charge is 2.27. The van der Waals surface area contributed by atoms with Gasteiger partial charge in [-0.05, 0) is 47.0 Å². The van der Waals surface area contributed by atoms with E-state index in [-0.39, 0.29) is 0 Å². The second kappa shape index (κ2) is 5.55. The van der Waals surface area contributed by atoms with Crippen LogP contribution in [0.3, 0.4) is 0 Å². The maximum Gasteiger partial charge on any atom is 0.145 e. The van der Waals surface area contributed by atoms with E-state index in [1.54, 1.807) is 6.07 Å². The fourth-order valence-corrected chi connectivity index (χ4v) is 2.28. The molecule has 1 aromatic heterocycles. The summed E-state index contributed by atoms with van der Waals surface area (Å²) in [7, 11) is 0. The van der Waals surface area contributed by atoms with Crippen LogP contribution in [0.5, 0.6) is 0 Å². The average molecular weight is 355 g/mol. The number of halogens is 2. The highest BCUT2D eigenvalue weighted by molar-refractivity contribution is 9.10. The number of anilines is 3. The van der Waals surface area contributed by atoms with Crippen LogP contribution in [0.15, 0.2) is 28.7 Å². The molecule has 1 aliphatic carbocycles. The zero-order valence-electron chi connectivity index (χ0n) is 10.5. The molecule has 1 heterocycles. The van der Waals surface area contributed by atoms with E-state index in [1.165, 1.54) is 0 Å². The van der Waals surface area contributed by atoms with Crippen LogP contribution in [-0.4, -0.2) is 9.97 Å². The first-order valence-corrected chi connectivity index (χ1v) is 7.40. The highest BCUT2D eigenvalue weighted by atomic mass is 79.9. The van der Waals surface area contributed by atoms with Crippen molar-refractivity contribution >= 4 is 44.9 Å². The van der Waals surface area contributed by atoms with Crippen LogP contribution in [0.2, 0.25) is 5.02 Å². The molecule has 1 aromatic carbocycles. The summed E-state index contributed by atoms with van der Waals surface area (Å²) in [5.74, 6) is 8.04. The van der Waals surface area contributed by atoms with E-state index in [1.807, 2.05) is 18.2 Å². The lowest BCUT2D eigenvalue weighted by Crippen LogP contribution is -2.11. The number of rotatable bonds is 4. The minimum atomic E-state index is 0.456. The van der Waals surface area contributed by atoms with Gasteiger partial charge < -0.3 is 10.7 Å². The number of nitrogens with one attached hydrogen (secondary N) is 2. The molecule has 0 radical (unpaired) electrons. The average Bonchev–Trinajstić information content (AvgIpc) is 3.27. The van der Waals surface area contributed by atoms with Crippen molar-refractivity contribution in [1.29, 1.82) is 0 Å². The van der Waals surface area contributed by atoms with Crippen LogP contribution in [0.1, 0.15) is 24.6 Å². The Bertz CT molecular complexity index is 645. The number of nitrogens with zero attached hydrogens (tertiary/aromatic N) is 2. The van der Waals surface area contributed by atoms with Crippen LogP contribution >= 0.6 is 27.5 Å². The van der Waals surface area contributed by atoms with Gasteiger partial charge in [-0.1, -0.05) is 11.6 Å². The van der Waals surface area contributed by atoms with Crippen molar-refractivity contribution in [2.45, 2.75) is 18.8 Å². The third-order valence-electron chi connectivity index (χ3n) is 3.03. The van der Waals surface area contributed by atoms with E-state index in [4.69, 9.17) is 17.4 Å². The summed E-state index contributed by atoms with van der Waals surface area (Å²) in [5.41, 5.74) is 3.43. The maximum absolute atomic E-state index is 6.08. The molecule has 20 heavy (non-hydrogen) atoms. The van der Waals surface area contributed by atoms with Crippen molar-refractivity contribution in [3.63, 3.8) is 0 Å². The lowest BCUT2D eigenvalue weighted by atomic mass is 10.3. The van der Waals surface area contributed by atoms with Crippen LogP contribution in [0.25, 0.3) is 0 Å². The summed E-state index contributed by atoms with van der Waals surface area (Å²) < 4.78 is 0.857. The van der Waals surface area contributed by atoms with Gasteiger partial charge in [-0.3, -0.25) is 0 Å². The molecular formula is C13H13BrClN5.